The minimum Gasteiger partial charge on any atom is -0.375 e. The number of alkyl halides is 2. The number of hydrogen-bond acceptors (Lipinski definition) is 2. The number of halogens is 2. The maximum absolute atomic E-state index is 12.8. The highest BCUT2D eigenvalue weighted by Gasteiger charge is 2.32. The third-order valence-corrected chi connectivity index (χ3v) is 1.74. The molecule has 0 aromatic carbocycles. The number of rotatable bonds is 6. The zero-order valence-electron chi connectivity index (χ0n) is 7.28. The Balaban J connectivity index is 2.07. The lowest BCUT2D eigenvalue weighted by Crippen LogP contribution is -2.37. The molecule has 2 nitrogen and oxygen atoms in total. The van der Waals surface area contributed by atoms with Crippen LogP contribution in [0.2, 0.25) is 0 Å². The van der Waals surface area contributed by atoms with E-state index >= 15 is 0 Å². The van der Waals surface area contributed by atoms with Crippen LogP contribution in [0.25, 0.3) is 0 Å². The van der Waals surface area contributed by atoms with E-state index in [0.29, 0.717) is 12.6 Å². The Morgan fingerprint density at radius 3 is 2.67 bits per heavy atom. The first-order valence-corrected chi connectivity index (χ1v) is 4.33. The van der Waals surface area contributed by atoms with Gasteiger partial charge >= 0.3 is 0 Å². The molecule has 1 N–H and O–H groups in total. The molecule has 0 radical (unpaired) electrons. The first-order valence-electron chi connectivity index (χ1n) is 4.33. The van der Waals surface area contributed by atoms with E-state index in [1.165, 1.54) is 0 Å². The van der Waals surface area contributed by atoms with Crippen LogP contribution in [0, 0.1) is 0 Å². The Hall–Kier alpha value is -0.220. The normalized spacial score (nSPS) is 18.2. The van der Waals surface area contributed by atoms with Crippen LogP contribution in [0.3, 0.4) is 0 Å². The molecular formula is C8H15F2NO. The largest absolute Gasteiger partial charge is 0.375 e. The lowest BCUT2D eigenvalue weighted by atomic mass is 10.3. The molecule has 0 atom stereocenters. The number of hydrogen-bond donors (Lipinski definition) is 1. The quantitative estimate of drug-likeness (QED) is 0.665. The first kappa shape index (κ1) is 9.86. The van der Waals surface area contributed by atoms with Gasteiger partial charge in [-0.2, -0.15) is 0 Å². The van der Waals surface area contributed by atoms with Crippen molar-refractivity contribution >= 4 is 0 Å². The molecule has 0 saturated heterocycles. The first-order chi connectivity index (χ1) is 5.64. The van der Waals surface area contributed by atoms with Crippen molar-refractivity contribution in [1.29, 1.82) is 0 Å². The van der Waals surface area contributed by atoms with Crippen LogP contribution in [0.5, 0.6) is 0 Å². The van der Waals surface area contributed by atoms with E-state index in [1.807, 2.05) is 0 Å². The van der Waals surface area contributed by atoms with E-state index in [4.69, 9.17) is 0 Å². The Morgan fingerprint density at radius 2 is 2.17 bits per heavy atom. The topological polar surface area (TPSA) is 21.3 Å². The summed E-state index contributed by atoms with van der Waals surface area (Å²) in [5, 5.41) is 2.78. The van der Waals surface area contributed by atoms with Gasteiger partial charge < -0.3 is 10.1 Å². The number of nitrogens with one attached hydrogen (secondary N) is 1. The van der Waals surface area contributed by atoms with Crippen LogP contribution in [0.15, 0.2) is 0 Å². The van der Waals surface area contributed by atoms with Crippen LogP contribution in [-0.2, 0) is 4.74 Å². The minimum absolute atomic E-state index is 0.252. The molecule has 0 amide bonds. The van der Waals surface area contributed by atoms with Crippen molar-refractivity contribution in [2.45, 2.75) is 31.7 Å². The molecule has 0 aromatic heterocycles. The summed E-state index contributed by atoms with van der Waals surface area (Å²) in [5.41, 5.74) is 0. The van der Waals surface area contributed by atoms with Gasteiger partial charge in [0.15, 0.2) is 0 Å². The molecule has 0 bridgehead atoms. The molecule has 0 spiro atoms. The molecule has 1 rings (SSSR count). The minimum atomic E-state index is -2.71. The van der Waals surface area contributed by atoms with Gasteiger partial charge in [0.1, 0.15) is 6.61 Å². The van der Waals surface area contributed by atoms with E-state index < -0.39 is 12.5 Å². The van der Waals surface area contributed by atoms with E-state index in [1.54, 1.807) is 6.92 Å². The Labute approximate surface area is 71.3 Å². The standard InChI is InChI=1S/C8H15F2NO/c1-2-12-6-8(9,10)5-11-7-3-4-7/h7,11H,2-6H2,1H3. The molecular weight excluding hydrogens is 164 g/mol. The van der Waals surface area contributed by atoms with Gasteiger partial charge in [-0.15, -0.1) is 0 Å². The highest BCUT2D eigenvalue weighted by atomic mass is 19.3. The molecule has 1 aliphatic rings. The summed E-state index contributed by atoms with van der Waals surface area (Å²) in [4.78, 5) is 0. The van der Waals surface area contributed by atoms with Crippen LogP contribution < -0.4 is 5.32 Å². The summed E-state index contributed by atoms with van der Waals surface area (Å²) in [5.74, 6) is -2.71. The fourth-order valence-corrected chi connectivity index (χ4v) is 0.884. The second-order valence-electron chi connectivity index (χ2n) is 3.15. The van der Waals surface area contributed by atoms with E-state index in [0.717, 1.165) is 12.8 Å². The van der Waals surface area contributed by atoms with Crippen LogP contribution >= 0.6 is 0 Å². The number of ether oxygens (including phenoxy) is 1. The van der Waals surface area contributed by atoms with Gasteiger partial charge in [0.05, 0.1) is 6.54 Å². The molecule has 1 aliphatic carbocycles. The van der Waals surface area contributed by atoms with Gasteiger partial charge in [-0.1, -0.05) is 0 Å². The van der Waals surface area contributed by atoms with E-state index in [-0.39, 0.29) is 6.54 Å². The SMILES string of the molecule is CCOCC(F)(F)CNC1CC1. The summed E-state index contributed by atoms with van der Waals surface area (Å²) in [7, 11) is 0. The maximum atomic E-state index is 12.8. The highest BCUT2D eigenvalue weighted by Crippen LogP contribution is 2.21. The lowest BCUT2D eigenvalue weighted by Gasteiger charge is -2.16. The third kappa shape index (κ3) is 3.97. The van der Waals surface area contributed by atoms with Crippen molar-refractivity contribution in [3.63, 3.8) is 0 Å². The molecule has 0 aromatic rings. The summed E-state index contributed by atoms with van der Waals surface area (Å²) < 4.78 is 30.3. The third-order valence-electron chi connectivity index (χ3n) is 1.74. The van der Waals surface area contributed by atoms with E-state index in [9.17, 15) is 8.78 Å². The van der Waals surface area contributed by atoms with Crippen molar-refractivity contribution in [2.75, 3.05) is 19.8 Å². The maximum Gasteiger partial charge on any atom is 0.283 e. The Morgan fingerprint density at radius 1 is 1.50 bits per heavy atom. The van der Waals surface area contributed by atoms with Crippen LogP contribution in [0.1, 0.15) is 19.8 Å². The van der Waals surface area contributed by atoms with Gasteiger partial charge in [-0.25, -0.2) is 8.78 Å². The second kappa shape index (κ2) is 4.14. The summed E-state index contributed by atoms with van der Waals surface area (Å²) in [6.45, 7) is 1.34. The molecule has 0 heterocycles. The van der Waals surface area contributed by atoms with Gasteiger partial charge in [-0.3, -0.25) is 0 Å². The predicted molar refractivity (Wildman–Crippen MR) is 42.5 cm³/mol. The van der Waals surface area contributed by atoms with Crippen molar-refractivity contribution < 1.29 is 13.5 Å². The summed E-state index contributed by atoms with van der Waals surface area (Å²) in [6.07, 6.45) is 2.06. The van der Waals surface area contributed by atoms with Gasteiger partial charge in [0.2, 0.25) is 0 Å². The van der Waals surface area contributed by atoms with Crippen molar-refractivity contribution in [2.24, 2.45) is 0 Å². The predicted octanol–water partition coefficient (Wildman–Crippen LogP) is 1.41. The zero-order chi connectivity index (χ0) is 9.03. The van der Waals surface area contributed by atoms with Crippen molar-refractivity contribution in [1.82, 2.24) is 5.32 Å². The second-order valence-corrected chi connectivity index (χ2v) is 3.15. The molecule has 1 saturated carbocycles. The Bertz CT molecular complexity index is 137. The van der Waals surface area contributed by atoms with Gasteiger partial charge in [0.25, 0.3) is 5.92 Å². The average molecular weight is 179 g/mol. The monoisotopic (exact) mass is 179 g/mol. The zero-order valence-corrected chi connectivity index (χ0v) is 7.28. The van der Waals surface area contributed by atoms with Crippen molar-refractivity contribution in [3.8, 4) is 0 Å². The molecule has 0 aliphatic heterocycles. The summed E-state index contributed by atoms with van der Waals surface area (Å²) >= 11 is 0. The molecule has 0 unspecified atom stereocenters. The van der Waals surface area contributed by atoms with Gasteiger partial charge in [-0.05, 0) is 19.8 Å². The van der Waals surface area contributed by atoms with Crippen LogP contribution in [-0.4, -0.2) is 31.7 Å². The Kier molecular flexibility index (Phi) is 3.40. The fourth-order valence-electron chi connectivity index (χ4n) is 0.884. The van der Waals surface area contributed by atoms with Crippen LogP contribution in [0.4, 0.5) is 8.78 Å². The molecule has 4 heteroatoms. The van der Waals surface area contributed by atoms with Crippen molar-refractivity contribution in [3.05, 3.63) is 0 Å². The molecule has 72 valence electrons. The van der Waals surface area contributed by atoms with Gasteiger partial charge in [0, 0.05) is 12.6 Å². The fraction of sp³-hybridized carbons (Fsp3) is 1.00. The lowest BCUT2D eigenvalue weighted by molar-refractivity contribution is -0.0723. The molecule has 1 fully saturated rings. The highest BCUT2D eigenvalue weighted by molar-refractivity contribution is 4.83. The average Bonchev–Trinajstić information content (AvgIpc) is 2.81. The smallest absolute Gasteiger partial charge is 0.283 e. The molecule has 12 heavy (non-hydrogen) atoms. The summed E-state index contributed by atoms with van der Waals surface area (Å²) in [6, 6.07) is 0.331. The van der Waals surface area contributed by atoms with E-state index in [2.05, 4.69) is 10.1 Å².